The van der Waals surface area contributed by atoms with E-state index in [2.05, 4.69) is 0 Å². The van der Waals surface area contributed by atoms with Gasteiger partial charge in [0.2, 0.25) is 5.91 Å². The van der Waals surface area contributed by atoms with E-state index in [1.54, 1.807) is 17.0 Å². The fraction of sp³-hybridized carbons (Fsp3) is 0.350. The Morgan fingerprint density at radius 2 is 2.00 bits per heavy atom. The molecule has 1 heterocycles. The predicted molar refractivity (Wildman–Crippen MR) is 92.2 cm³/mol. The molecule has 2 atom stereocenters. The van der Waals surface area contributed by atoms with Gasteiger partial charge in [-0.05, 0) is 29.7 Å². The van der Waals surface area contributed by atoms with Gasteiger partial charge < -0.3 is 14.7 Å². The van der Waals surface area contributed by atoms with E-state index in [4.69, 9.17) is 4.74 Å². The molecular formula is C20H22FNO3. The van der Waals surface area contributed by atoms with E-state index in [0.717, 1.165) is 11.1 Å². The molecule has 2 aromatic carbocycles. The first-order valence-electron chi connectivity index (χ1n) is 8.48. The van der Waals surface area contributed by atoms with Gasteiger partial charge >= 0.3 is 0 Å². The highest BCUT2D eigenvalue weighted by Crippen LogP contribution is 2.32. The number of amides is 1. The number of halogens is 1. The van der Waals surface area contributed by atoms with Crippen molar-refractivity contribution in [1.82, 2.24) is 4.90 Å². The Morgan fingerprint density at radius 3 is 2.76 bits per heavy atom. The molecule has 0 aromatic heterocycles. The van der Waals surface area contributed by atoms with E-state index < -0.39 is 6.10 Å². The number of carbonyl (C=O) groups excluding carboxylic acids is 1. The van der Waals surface area contributed by atoms with Gasteiger partial charge in [-0.1, -0.05) is 42.5 Å². The first kappa shape index (κ1) is 17.6. The predicted octanol–water partition coefficient (Wildman–Crippen LogP) is 3.07. The average molecular weight is 343 g/mol. The summed E-state index contributed by atoms with van der Waals surface area (Å²) in [7, 11) is 0. The maximum atomic E-state index is 13.5. The van der Waals surface area contributed by atoms with Gasteiger partial charge in [-0.3, -0.25) is 4.79 Å². The van der Waals surface area contributed by atoms with Gasteiger partial charge in [0.1, 0.15) is 5.82 Å². The van der Waals surface area contributed by atoms with Gasteiger partial charge in [0, 0.05) is 6.54 Å². The summed E-state index contributed by atoms with van der Waals surface area (Å²) in [5.41, 5.74) is 1.78. The highest BCUT2D eigenvalue weighted by Gasteiger charge is 2.35. The summed E-state index contributed by atoms with van der Waals surface area (Å²) in [6.45, 7) is 1.05. The van der Waals surface area contributed by atoms with Crippen LogP contribution in [0.1, 0.15) is 30.0 Å². The largest absolute Gasteiger partial charge is 0.391 e. The number of aliphatic hydroxyl groups excluding tert-OH is 1. The van der Waals surface area contributed by atoms with Crippen molar-refractivity contribution < 1.29 is 19.0 Å². The van der Waals surface area contributed by atoms with E-state index in [1.165, 1.54) is 12.1 Å². The molecule has 0 saturated carbocycles. The fourth-order valence-corrected chi connectivity index (χ4v) is 3.19. The van der Waals surface area contributed by atoms with Crippen LogP contribution >= 0.6 is 0 Å². The normalized spacial score (nSPS) is 20.0. The lowest BCUT2D eigenvalue weighted by molar-refractivity contribution is -0.133. The van der Waals surface area contributed by atoms with E-state index in [-0.39, 0.29) is 30.7 Å². The molecule has 0 aliphatic carbocycles. The number of carbonyl (C=O) groups is 1. The maximum absolute atomic E-state index is 13.5. The molecule has 1 aliphatic rings. The Labute approximate surface area is 146 Å². The second kappa shape index (κ2) is 8.23. The summed E-state index contributed by atoms with van der Waals surface area (Å²) in [4.78, 5) is 14.1. The molecule has 0 bridgehead atoms. The van der Waals surface area contributed by atoms with Crippen molar-refractivity contribution in [2.24, 2.45) is 0 Å². The minimum Gasteiger partial charge on any atom is -0.391 e. The van der Waals surface area contributed by atoms with E-state index >= 15 is 0 Å². The van der Waals surface area contributed by atoms with E-state index in [1.807, 2.05) is 30.3 Å². The van der Waals surface area contributed by atoms with Crippen molar-refractivity contribution in [1.29, 1.82) is 0 Å². The molecule has 2 aromatic rings. The second-order valence-electron chi connectivity index (χ2n) is 6.29. The third-order valence-corrected chi connectivity index (χ3v) is 4.40. The van der Waals surface area contributed by atoms with Crippen LogP contribution in [0.5, 0.6) is 0 Å². The lowest BCUT2D eigenvalue weighted by Crippen LogP contribution is -2.32. The first-order chi connectivity index (χ1) is 12.1. The van der Waals surface area contributed by atoms with Gasteiger partial charge in [0.25, 0.3) is 0 Å². The zero-order valence-electron chi connectivity index (χ0n) is 14.0. The van der Waals surface area contributed by atoms with Crippen LogP contribution in [0.3, 0.4) is 0 Å². The third-order valence-electron chi connectivity index (χ3n) is 4.40. The molecule has 0 radical (unpaired) electrons. The van der Waals surface area contributed by atoms with Crippen LogP contribution in [0.4, 0.5) is 4.39 Å². The van der Waals surface area contributed by atoms with Crippen molar-refractivity contribution in [2.75, 3.05) is 13.2 Å². The average Bonchev–Trinajstić information content (AvgIpc) is 3.01. The zero-order valence-corrected chi connectivity index (χ0v) is 14.0. The van der Waals surface area contributed by atoms with Gasteiger partial charge in [-0.25, -0.2) is 4.39 Å². The highest BCUT2D eigenvalue weighted by molar-refractivity contribution is 5.77. The molecule has 2 unspecified atom stereocenters. The number of aliphatic hydroxyl groups is 1. The van der Waals surface area contributed by atoms with Crippen LogP contribution in [-0.4, -0.2) is 35.2 Å². The molecule has 0 spiro atoms. The Morgan fingerprint density at radius 1 is 1.20 bits per heavy atom. The number of ether oxygens (including phenoxy) is 1. The van der Waals surface area contributed by atoms with Crippen LogP contribution in [0, 0.1) is 5.82 Å². The lowest BCUT2D eigenvalue weighted by Gasteiger charge is -2.25. The van der Waals surface area contributed by atoms with E-state index in [9.17, 15) is 14.3 Å². The molecule has 132 valence electrons. The van der Waals surface area contributed by atoms with Crippen LogP contribution in [-0.2, 0) is 16.1 Å². The number of likely N-dealkylation sites (tertiary alicyclic amines) is 1. The summed E-state index contributed by atoms with van der Waals surface area (Å²) in [5, 5.41) is 9.95. The monoisotopic (exact) mass is 343 g/mol. The van der Waals surface area contributed by atoms with Crippen LogP contribution < -0.4 is 0 Å². The first-order valence-corrected chi connectivity index (χ1v) is 8.48. The Hall–Kier alpha value is -2.24. The Balaban J connectivity index is 1.54. The summed E-state index contributed by atoms with van der Waals surface area (Å²) in [6.07, 6.45) is 0.0910. The topological polar surface area (TPSA) is 49.8 Å². The molecule has 1 amide bonds. The smallest absolute Gasteiger partial charge is 0.225 e. The van der Waals surface area contributed by atoms with Crippen molar-refractivity contribution in [3.63, 3.8) is 0 Å². The van der Waals surface area contributed by atoms with Gasteiger partial charge in [-0.2, -0.15) is 0 Å². The maximum Gasteiger partial charge on any atom is 0.225 e. The molecule has 1 aliphatic heterocycles. The minimum atomic E-state index is -0.581. The third kappa shape index (κ3) is 4.65. The molecule has 1 fully saturated rings. The van der Waals surface area contributed by atoms with Crippen LogP contribution in [0.15, 0.2) is 54.6 Å². The molecule has 1 saturated heterocycles. The number of hydrogen-bond acceptors (Lipinski definition) is 3. The standard InChI is InChI=1S/C20H22FNO3/c21-17-8-4-7-16(11-17)19-12-18(23)13-22(19)20(24)9-10-25-14-15-5-2-1-3-6-15/h1-8,11,18-19,23H,9-10,12-14H2. The van der Waals surface area contributed by atoms with Crippen LogP contribution in [0.2, 0.25) is 0 Å². The Bertz CT molecular complexity index is 707. The van der Waals surface area contributed by atoms with Crippen LogP contribution in [0.25, 0.3) is 0 Å². The summed E-state index contributed by atoms with van der Waals surface area (Å²) in [6, 6.07) is 15.7. The number of hydrogen-bond donors (Lipinski definition) is 1. The van der Waals surface area contributed by atoms with Crippen molar-refractivity contribution in [3.05, 3.63) is 71.5 Å². The van der Waals surface area contributed by atoms with Gasteiger partial charge in [0.15, 0.2) is 0 Å². The van der Waals surface area contributed by atoms with Crippen molar-refractivity contribution in [3.8, 4) is 0 Å². The summed E-state index contributed by atoms with van der Waals surface area (Å²) < 4.78 is 19.0. The molecule has 3 rings (SSSR count). The number of β-amino-alcohol motifs (C(OH)–C–C–N with tert-alkyl or cyclic N) is 1. The van der Waals surface area contributed by atoms with E-state index in [0.29, 0.717) is 19.6 Å². The molecule has 25 heavy (non-hydrogen) atoms. The van der Waals surface area contributed by atoms with Gasteiger partial charge in [0.05, 0.1) is 31.8 Å². The van der Waals surface area contributed by atoms with Crippen molar-refractivity contribution >= 4 is 5.91 Å². The molecule has 1 N–H and O–H groups in total. The number of nitrogens with zero attached hydrogens (tertiary/aromatic N) is 1. The highest BCUT2D eigenvalue weighted by atomic mass is 19.1. The molecule has 4 nitrogen and oxygen atoms in total. The number of rotatable bonds is 6. The fourth-order valence-electron chi connectivity index (χ4n) is 3.19. The second-order valence-corrected chi connectivity index (χ2v) is 6.29. The quantitative estimate of drug-likeness (QED) is 0.820. The van der Waals surface area contributed by atoms with Crippen molar-refractivity contribution in [2.45, 2.75) is 31.6 Å². The summed E-state index contributed by atoms with van der Waals surface area (Å²) in [5.74, 6) is -0.420. The Kier molecular flexibility index (Phi) is 5.79. The molecular weight excluding hydrogens is 321 g/mol. The number of benzene rings is 2. The SMILES string of the molecule is O=C(CCOCc1ccccc1)N1CC(O)CC1c1cccc(F)c1. The lowest BCUT2D eigenvalue weighted by atomic mass is 10.0. The minimum absolute atomic E-state index is 0.0844. The zero-order chi connectivity index (χ0) is 17.6. The summed E-state index contributed by atoms with van der Waals surface area (Å²) >= 11 is 0. The molecule has 5 heteroatoms. The van der Waals surface area contributed by atoms with Gasteiger partial charge in [-0.15, -0.1) is 0 Å².